The lowest BCUT2D eigenvalue weighted by Crippen LogP contribution is -2.28. The number of thiophene rings is 1. The molecular formula is C13H18N4S. The van der Waals surface area contributed by atoms with Crippen molar-refractivity contribution in [1.82, 2.24) is 20.1 Å². The fourth-order valence-corrected chi connectivity index (χ4v) is 3.22. The van der Waals surface area contributed by atoms with Gasteiger partial charge in [0, 0.05) is 17.3 Å². The molecule has 0 radical (unpaired) electrons. The molecule has 1 fully saturated rings. The molecule has 0 saturated carbocycles. The van der Waals surface area contributed by atoms with Crippen molar-refractivity contribution in [1.29, 1.82) is 0 Å². The Morgan fingerprint density at radius 2 is 2.28 bits per heavy atom. The van der Waals surface area contributed by atoms with Crippen LogP contribution in [0.5, 0.6) is 0 Å². The van der Waals surface area contributed by atoms with Crippen LogP contribution in [-0.4, -0.2) is 27.9 Å². The van der Waals surface area contributed by atoms with Gasteiger partial charge in [0.2, 0.25) is 0 Å². The van der Waals surface area contributed by atoms with Crippen molar-refractivity contribution in [2.24, 2.45) is 0 Å². The summed E-state index contributed by atoms with van der Waals surface area (Å²) in [6.45, 7) is 3.19. The molecule has 0 atom stereocenters. The van der Waals surface area contributed by atoms with E-state index in [-0.39, 0.29) is 0 Å². The second kappa shape index (κ2) is 5.63. The van der Waals surface area contributed by atoms with E-state index in [0.717, 1.165) is 26.1 Å². The normalized spacial score (nSPS) is 17.1. The molecule has 0 amide bonds. The molecule has 1 aliphatic rings. The Labute approximate surface area is 111 Å². The first kappa shape index (κ1) is 11.9. The number of nitrogens with one attached hydrogen (secondary N) is 1. The molecule has 4 nitrogen and oxygen atoms in total. The maximum Gasteiger partial charge on any atom is 0.136 e. The van der Waals surface area contributed by atoms with Crippen molar-refractivity contribution in [3.05, 3.63) is 34.5 Å². The molecule has 5 heteroatoms. The minimum atomic E-state index is 0.581. The minimum Gasteiger partial charge on any atom is -0.317 e. The van der Waals surface area contributed by atoms with E-state index >= 15 is 0 Å². The van der Waals surface area contributed by atoms with Crippen molar-refractivity contribution >= 4 is 11.3 Å². The first-order valence-electron chi connectivity index (χ1n) is 6.54. The van der Waals surface area contributed by atoms with Crippen LogP contribution >= 0.6 is 11.3 Å². The lowest BCUT2D eigenvalue weighted by atomic mass is 9.97. The Morgan fingerprint density at radius 3 is 3.06 bits per heavy atom. The quantitative estimate of drug-likeness (QED) is 0.917. The lowest BCUT2D eigenvalue weighted by Gasteiger charge is -2.22. The second-order valence-corrected chi connectivity index (χ2v) is 5.77. The monoisotopic (exact) mass is 262 g/mol. The topological polar surface area (TPSA) is 42.7 Å². The molecule has 0 bridgehead atoms. The maximum absolute atomic E-state index is 4.33. The molecule has 96 valence electrons. The van der Waals surface area contributed by atoms with Gasteiger partial charge in [0.1, 0.15) is 12.2 Å². The molecule has 1 saturated heterocycles. The fraction of sp³-hybridized carbons (Fsp3) is 0.538. The van der Waals surface area contributed by atoms with Gasteiger partial charge in [-0.15, -0.1) is 21.5 Å². The standard InChI is InChI=1S/C13H18N4S/c1-2-12(18-9-1)5-8-17-10-15-16-13(17)11-3-6-14-7-4-11/h1-2,9-11,14H,3-8H2. The van der Waals surface area contributed by atoms with Crippen LogP contribution in [0.3, 0.4) is 0 Å². The minimum absolute atomic E-state index is 0.581. The summed E-state index contributed by atoms with van der Waals surface area (Å²) in [5.41, 5.74) is 0. The summed E-state index contributed by atoms with van der Waals surface area (Å²) in [5, 5.41) is 14.0. The third-order valence-electron chi connectivity index (χ3n) is 3.53. The van der Waals surface area contributed by atoms with Crippen LogP contribution in [0.1, 0.15) is 29.5 Å². The number of hydrogen-bond donors (Lipinski definition) is 1. The van der Waals surface area contributed by atoms with E-state index in [1.807, 2.05) is 17.7 Å². The SMILES string of the molecule is c1csc(CCn2cnnc2C2CCNCC2)c1. The maximum atomic E-state index is 4.33. The zero-order chi connectivity index (χ0) is 12.2. The third kappa shape index (κ3) is 2.62. The van der Waals surface area contributed by atoms with Crippen LogP contribution in [0.2, 0.25) is 0 Å². The van der Waals surface area contributed by atoms with Gasteiger partial charge in [0.25, 0.3) is 0 Å². The van der Waals surface area contributed by atoms with Crippen LogP contribution in [0.15, 0.2) is 23.8 Å². The van der Waals surface area contributed by atoms with E-state index in [2.05, 4.69) is 37.6 Å². The summed E-state index contributed by atoms with van der Waals surface area (Å²) < 4.78 is 2.23. The molecule has 2 aromatic rings. The van der Waals surface area contributed by atoms with Gasteiger partial charge in [-0.1, -0.05) is 6.07 Å². The van der Waals surface area contributed by atoms with Gasteiger partial charge in [0.05, 0.1) is 0 Å². The Hall–Kier alpha value is -1.20. The van der Waals surface area contributed by atoms with E-state index in [4.69, 9.17) is 0 Å². The number of nitrogens with zero attached hydrogens (tertiary/aromatic N) is 3. The predicted molar refractivity (Wildman–Crippen MR) is 72.9 cm³/mol. The average Bonchev–Trinajstić information content (AvgIpc) is 3.09. The molecule has 3 heterocycles. The Morgan fingerprint density at radius 1 is 1.39 bits per heavy atom. The van der Waals surface area contributed by atoms with Crippen molar-refractivity contribution in [3.63, 3.8) is 0 Å². The summed E-state index contributed by atoms with van der Waals surface area (Å²) in [7, 11) is 0. The van der Waals surface area contributed by atoms with Gasteiger partial charge in [-0.2, -0.15) is 0 Å². The zero-order valence-corrected chi connectivity index (χ0v) is 11.2. The van der Waals surface area contributed by atoms with Crippen LogP contribution in [0, 0.1) is 0 Å². The molecule has 0 unspecified atom stereocenters. The van der Waals surface area contributed by atoms with Gasteiger partial charge in [-0.25, -0.2) is 0 Å². The Bertz CT molecular complexity index is 471. The number of aromatic nitrogens is 3. The van der Waals surface area contributed by atoms with Crippen LogP contribution < -0.4 is 5.32 Å². The predicted octanol–water partition coefficient (Wildman–Crippen LogP) is 2.05. The molecule has 1 aliphatic heterocycles. The molecule has 1 N–H and O–H groups in total. The molecule has 3 rings (SSSR count). The van der Waals surface area contributed by atoms with Gasteiger partial charge < -0.3 is 9.88 Å². The van der Waals surface area contributed by atoms with Crippen molar-refractivity contribution < 1.29 is 0 Å². The molecule has 2 aromatic heterocycles. The summed E-state index contributed by atoms with van der Waals surface area (Å²) in [6, 6.07) is 4.30. The zero-order valence-electron chi connectivity index (χ0n) is 10.4. The third-order valence-corrected chi connectivity index (χ3v) is 4.47. The highest BCUT2D eigenvalue weighted by Crippen LogP contribution is 2.23. The Balaban J connectivity index is 1.67. The number of piperidine rings is 1. The summed E-state index contributed by atoms with van der Waals surface area (Å²) >= 11 is 1.82. The summed E-state index contributed by atoms with van der Waals surface area (Å²) in [5.74, 6) is 1.75. The molecule has 0 aromatic carbocycles. The smallest absolute Gasteiger partial charge is 0.136 e. The van der Waals surface area contributed by atoms with Crippen LogP contribution in [-0.2, 0) is 13.0 Å². The highest BCUT2D eigenvalue weighted by Gasteiger charge is 2.20. The number of hydrogen-bond acceptors (Lipinski definition) is 4. The summed E-state index contributed by atoms with van der Waals surface area (Å²) in [6.07, 6.45) is 5.31. The van der Waals surface area contributed by atoms with Crippen molar-refractivity contribution in [2.45, 2.75) is 31.7 Å². The van der Waals surface area contributed by atoms with Crippen molar-refractivity contribution in [3.8, 4) is 0 Å². The first-order chi connectivity index (χ1) is 8.93. The second-order valence-electron chi connectivity index (χ2n) is 4.74. The molecule has 0 aliphatic carbocycles. The number of rotatable bonds is 4. The number of aryl methyl sites for hydroxylation is 2. The van der Waals surface area contributed by atoms with E-state index in [1.165, 1.54) is 23.5 Å². The van der Waals surface area contributed by atoms with Gasteiger partial charge in [0.15, 0.2) is 0 Å². The highest BCUT2D eigenvalue weighted by molar-refractivity contribution is 7.09. The summed E-state index contributed by atoms with van der Waals surface area (Å²) in [4.78, 5) is 1.43. The van der Waals surface area contributed by atoms with E-state index < -0.39 is 0 Å². The fourth-order valence-electron chi connectivity index (χ4n) is 2.52. The van der Waals surface area contributed by atoms with E-state index in [9.17, 15) is 0 Å². The Kier molecular flexibility index (Phi) is 3.71. The van der Waals surface area contributed by atoms with Gasteiger partial charge >= 0.3 is 0 Å². The highest BCUT2D eigenvalue weighted by atomic mass is 32.1. The molecular weight excluding hydrogens is 244 g/mol. The van der Waals surface area contributed by atoms with E-state index in [1.54, 1.807) is 0 Å². The van der Waals surface area contributed by atoms with E-state index in [0.29, 0.717) is 5.92 Å². The van der Waals surface area contributed by atoms with Crippen LogP contribution in [0.25, 0.3) is 0 Å². The van der Waals surface area contributed by atoms with Gasteiger partial charge in [-0.3, -0.25) is 0 Å². The first-order valence-corrected chi connectivity index (χ1v) is 7.42. The van der Waals surface area contributed by atoms with Crippen LogP contribution in [0.4, 0.5) is 0 Å². The molecule has 0 spiro atoms. The largest absolute Gasteiger partial charge is 0.317 e. The average molecular weight is 262 g/mol. The van der Waals surface area contributed by atoms with Crippen molar-refractivity contribution in [2.75, 3.05) is 13.1 Å². The van der Waals surface area contributed by atoms with Gasteiger partial charge in [-0.05, 0) is 43.8 Å². The lowest BCUT2D eigenvalue weighted by molar-refractivity contribution is 0.429. The molecule has 18 heavy (non-hydrogen) atoms.